The van der Waals surface area contributed by atoms with Crippen LogP contribution in [-0.4, -0.2) is 17.7 Å². The lowest BCUT2D eigenvalue weighted by Gasteiger charge is -2.12. The summed E-state index contributed by atoms with van der Waals surface area (Å²) in [5.74, 6) is 6.92. The van der Waals surface area contributed by atoms with Crippen LogP contribution in [0.15, 0.2) is 66.7 Å². The van der Waals surface area contributed by atoms with Gasteiger partial charge in [-0.3, -0.25) is 4.79 Å². The van der Waals surface area contributed by atoms with E-state index in [4.69, 9.17) is 14.6 Å². The van der Waals surface area contributed by atoms with E-state index in [1.54, 1.807) is 24.3 Å². The van der Waals surface area contributed by atoms with Crippen molar-refractivity contribution in [3.63, 3.8) is 0 Å². The Bertz CT molecular complexity index is 1060. The van der Waals surface area contributed by atoms with Crippen LogP contribution < -0.4 is 9.47 Å². The number of benzene rings is 3. The molecule has 3 rings (SSSR count). The van der Waals surface area contributed by atoms with Crippen molar-refractivity contribution in [2.45, 2.75) is 20.3 Å². The molecule has 0 atom stereocenters. The van der Waals surface area contributed by atoms with Gasteiger partial charge in [-0.1, -0.05) is 47.7 Å². The summed E-state index contributed by atoms with van der Waals surface area (Å²) in [4.78, 5) is 10.9. The Morgan fingerprint density at radius 2 is 1.69 bits per heavy atom. The van der Waals surface area contributed by atoms with Crippen LogP contribution in [0.4, 0.5) is 0 Å². The Kier molecular flexibility index (Phi) is 6.55. The van der Waals surface area contributed by atoms with Crippen LogP contribution in [-0.2, 0) is 11.2 Å². The third-order valence-corrected chi connectivity index (χ3v) is 4.16. The monoisotopic (exact) mass is 386 g/mol. The minimum Gasteiger partial charge on any atom is -0.481 e. The van der Waals surface area contributed by atoms with Gasteiger partial charge < -0.3 is 14.6 Å². The van der Waals surface area contributed by atoms with E-state index in [9.17, 15) is 4.79 Å². The smallest absolute Gasteiger partial charge is 0.307 e. The summed E-state index contributed by atoms with van der Waals surface area (Å²) >= 11 is 0. The molecule has 0 aliphatic heterocycles. The van der Waals surface area contributed by atoms with E-state index in [2.05, 4.69) is 11.8 Å². The molecular weight excluding hydrogens is 364 g/mol. The molecule has 0 unspecified atom stereocenters. The average Bonchev–Trinajstić information content (AvgIpc) is 2.68. The quantitative estimate of drug-likeness (QED) is 0.595. The number of hydrogen-bond donors (Lipinski definition) is 1. The molecule has 0 bridgehead atoms. The average molecular weight is 386 g/mol. The minimum atomic E-state index is -0.881. The first-order chi connectivity index (χ1) is 14.0. The van der Waals surface area contributed by atoms with Gasteiger partial charge in [0.05, 0.1) is 6.42 Å². The molecule has 0 saturated heterocycles. The Balaban J connectivity index is 1.71. The lowest BCUT2D eigenvalue weighted by molar-refractivity contribution is -0.136. The van der Waals surface area contributed by atoms with Crippen LogP contribution in [0.3, 0.4) is 0 Å². The highest BCUT2D eigenvalue weighted by Crippen LogP contribution is 2.32. The zero-order valence-electron chi connectivity index (χ0n) is 16.4. The van der Waals surface area contributed by atoms with Gasteiger partial charge >= 0.3 is 5.97 Å². The second-order valence-electron chi connectivity index (χ2n) is 6.73. The Morgan fingerprint density at radius 3 is 2.45 bits per heavy atom. The lowest BCUT2D eigenvalue weighted by Crippen LogP contribution is -2.00. The Morgan fingerprint density at radius 1 is 0.931 bits per heavy atom. The molecule has 1 N–H and O–H groups in total. The molecule has 0 fully saturated rings. The maximum absolute atomic E-state index is 10.9. The molecule has 3 aromatic carbocycles. The van der Waals surface area contributed by atoms with Gasteiger partial charge in [-0.15, -0.1) is 0 Å². The summed E-state index contributed by atoms with van der Waals surface area (Å²) < 4.78 is 11.8. The van der Waals surface area contributed by atoms with E-state index < -0.39 is 5.97 Å². The summed E-state index contributed by atoms with van der Waals surface area (Å²) in [5.41, 5.74) is 3.85. The summed E-state index contributed by atoms with van der Waals surface area (Å²) in [6.07, 6.45) is -0.0525. The van der Waals surface area contributed by atoms with Crippen LogP contribution >= 0.6 is 0 Å². The Labute approximate surface area is 170 Å². The fraction of sp³-hybridized carbons (Fsp3) is 0.160. The van der Waals surface area contributed by atoms with Gasteiger partial charge in [-0.25, -0.2) is 0 Å². The second-order valence-corrected chi connectivity index (χ2v) is 6.73. The van der Waals surface area contributed by atoms with Crippen molar-refractivity contribution in [1.29, 1.82) is 0 Å². The zero-order chi connectivity index (χ0) is 20.6. The lowest BCUT2D eigenvalue weighted by atomic mass is 10.1. The van der Waals surface area contributed by atoms with Crippen LogP contribution in [0.1, 0.15) is 22.3 Å². The normalized spacial score (nSPS) is 10.0. The number of rotatable bonds is 6. The van der Waals surface area contributed by atoms with Gasteiger partial charge in [0.15, 0.2) is 11.5 Å². The van der Waals surface area contributed by atoms with Crippen LogP contribution in [0.2, 0.25) is 0 Å². The molecule has 146 valence electrons. The van der Waals surface area contributed by atoms with Gasteiger partial charge in [-0.05, 0) is 61.4 Å². The highest BCUT2D eigenvalue weighted by Gasteiger charge is 2.08. The van der Waals surface area contributed by atoms with Crippen molar-refractivity contribution in [1.82, 2.24) is 0 Å². The molecule has 0 aliphatic carbocycles. The van der Waals surface area contributed by atoms with E-state index in [1.807, 2.05) is 56.3 Å². The summed E-state index contributed by atoms with van der Waals surface area (Å²) in [7, 11) is 0. The van der Waals surface area contributed by atoms with E-state index in [1.165, 1.54) is 5.56 Å². The van der Waals surface area contributed by atoms with Crippen molar-refractivity contribution in [2.24, 2.45) is 0 Å². The van der Waals surface area contributed by atoms with Gasteiger partial charge in [0.1, 0.15) is 12.4 Å². The number of carbonyl (C=O) groups is 1. The zero-order valence-corrected chi connectivity index (χ0v) is 16.4. The fourth-order valence-corrected chi connectivity index (χ4v) is 2.72. The summed E-state index contributed by atoms with van der Waals surface area (Å²) in [5, 5.41) is 8.96. The number of aliphatic carboxylic acids is 1. The molecule has 4 nitrogen and oxygen atoms in total. The third-order valence-electron chi connectivity index (χ3n) is 4.16. The van der Waals surface area contributed by atoms with Gasteiger partial charge in [0.2, 0.25) is 0 Å². The van der Waals surface area contributed by atoms with Crippen molar-refractivity contribution in [3.05, 3.63) is 89.0 Å². The maximum Gasteiger partial charge on any atom is 0.307 e. The molecule has 0 radical (unpaired) electrons. The van der Waals surface area contributed by atoms with Crippen LogP contribution in [0.25, 0.3) is 0 Å². The minimum absolute atomic E-state index is 0.0525. The summed E-state index contributed by atoms with van der Waals surface area (Å²) in [6, 6.07) is 20.7. The van der Waals surface area contributed by atoms with Crippen LogP contribution in [0.5, 0.6) is 17.2 Å². The number of ether oxygens (including phenoxy) is 2. The Hall–Kier alpha value is -3.71. The van der Waals surface area contributed by atoms with Gasteiger partial charge in [-0.2, -0.15) is 0 Å². The molecule has 4 heteroatoms. The van der Waals surface area contributed by atoms with E-state index in [0.717, 1.165) is 11.1 Å². The molecular formula is C25H22O4. The van der Waals surface area contributed by atoms with Crippen LogP contribution in [0, 0.1) is 25.7 Å². The largest absolute Gasteiger partial charge is 0.481 e. The van der Waals surface area contributed by atoms with Crippen molar-refractivity contribution in [2.75, 3.05) is 6.61 Å². The number of hydrogen-bond acceptors (Lipinski definition) is 3. The number of aryl methyl sites for hydroxylation is 2. The van der Waals surface area contributed by atoms with Crippen molar-refractivity contribution < 1.29 is 19.4 Å². The van der Waals surface area contributed by atoms with Crippen molar-refractivity contribution in [3.8, 4) is 29.1 Å². The SMILES string of the molecule is Cc1ccc(C#CCOc2cc(C)ccc2Oc2cccc(CC(=O)O)c2)cc1. The standard InChI is InChI=1S/C25H22O4/c1-18-8-11-20(12-9-18)6-4-14-28-24-15-19(2)10-13-23(24)29-22-7-3-5-21(16-22)17-25(26)27/h3,5,7-13,15-16H,14,17H2,1-2H3,(H,26,27). The molecule has 0 spiro atoms. The first-order valence-electron chi connectivity index (χ1n) is 9.27. The second kappa shape index (κ2) is 9.48. The molecule has 0 aromatic heterocycles. The van der Waals surface area contributed by atoms with E-state index in [-0.39, 0.29) is 13.0 Å². The molecule has 0 aliphatic rings. The predicted molar refractivity (Wildman–Crippen MR) is 113 cm³/mol. The maximum atomic E-state index is 10.9. The third kappa shape index (κ3) is 6.15. The fourth-order valence-electron chi connectivity index (χ4n) is 2.72. The summed E-state index contributed by atoms with van der Waals surface area (Å²) in [6.45, 7) is 4.24. The van der Waals surface area contributed by atoms with Crippen molar-refractivity contribution >= 4 is 5.97 Å². The highest BCUT2D eigenvalue weighted by molar-refractivity contribution is 5.70. The molecule has 0 amide bonds. The molecule has 3 aromatic rings. The van der Waals surface area contributed by atoms with E-state index >= 15 is 0 Å². The van der Waals surface area contributed by atoms with Gasteiger partial charge in [0.25, 0.3) is 0 Å². The number of carboxylic acids is 1. The number of carboxylic acid groups (broad SMARTS) is 1. The molecule has 29 heavy (non-hydrogen) atoms. The molecule has 0 heterocycles. The van der Waals surface area contributed by atoms with E-state index in [0.29, 0.717) is 22.8 Å². The predicted octanol–water partition coefficient (Wildman–Crippen LogP) is 5.15. The highest BCUT2D eigenvalue weighted by atomic mass is 16.5. The first kappa shape index (κ1) is 20.0. The van der Waals surface area contributed by atoms with Gasteiger partial charge in [0, 0.05) is 5.56 Å². The topological polar surface area (TPSA) is 55.8 Å². The first-order valence-corrected chi connectivity index (χ1v) is 9.27. The molecule has 0 saturated carbocycles.